The lowest BCUT2D eigenvalue weighted by Gasteiger charge is -2.17. The number of aromatic nitrogens is 1. The number of nitrogens with zero attached hydrogens (tertiary/aromatic N) is 1. The maximum absolute atomic E-state index is 13.6. The van der Waals surface area contributed by atoms with E-state index < -0.39 is 0 Å². The fourth-order valence-electron chi connectivity index (χ4n) is 2.38. The molecule has 1 aliphatic heterocycles. The number of thioether (sulfide) groups is 1. The number of thiazole rings is 1. The Morgan fingerprint density at radius 3 is 2.80 bits per heavy atom. The molecule has 0 saturated heterocycles. The first-order chi connectivity index (χ1) is 12.2. The van der Waals surface area contributed by atoms with Crippen LogP contribution in [0.15, 0.2) is 41.3 Å². The van der Waals surface area contributed by atoms with Crippen molar-refractivity contribution in [3.05, 3.63) is 42.2 Å². The molecule has 1 aromatic heterocycles. The van der Waals surface area contributed by atoms with Crippen molar-refractivity contribution in [3.8, 4) is 11.5 Å². The molecule has 25 heavy (non-hydrogen) atoms. The van der Waals surface area contributed by atoms with Gasteiger partial charge in [0.2, 0.25) is 5.91 Å². The maximum Gasteiger partial charge on any atom is 0.236 e. The van der Waals surface area contributed by atoms with E-state index in [1.54, 1.807) is 18.2 Å². The van der Waals surface area contributed by atoms with Crippen molar-refractivity contribution >= 4 is 44.4 Å². The predicted octanol–water partition coefficient (Wildman–Crippen LogP) is 3.94. The molecule has 1 aliphatic rings. The van der Waals surface area contributed by atoms with E-state index in [2.05, 4.69) is 10.3 Å². The number of fused-ring (bicyclic) bond motifs is 2. The molecule has 0 unspecified atom stereocenters. The highest BCUT2D eigenvalue weighted by Crippen LogP contribution is 2.37. The van der Waals surface area contributed by atoms with Gasteiger partial charge < -0.3 is 14.8 Å². The summed E-state index contributed by atoms with van der Waals surface area (Å²) in [4.78, 5) is 16.9. The summed E-state index contributed by atoms with van der Waals surface area (Å²) in [6.07, 6.45) is 0. The van der Waals surface area contributed by atoms with E-state index in [-0.39, 0.29) is 17.5 Å². The Bertz CT molecular complexity index is 902. The molecule has 1 amide bonds. The third kappa shape index (κ3) is 3.54. The van der Waals surface area contributed by atoms with Gasteiger partial charge in [0.1, 0.15) is 19.0 Å². The van der Waals surface area contributed by atoms with Crippen molar-refractivity contribution in [3.63, 3.8) is 0 Å². The zero-order valence-electron chi connectivity index (χ0n) is 13.0. The van der Waals surface area contributed by atoms with E-state index in [1.165, 1.54) is 17.4 Å². The molecule has 0 spiro atoms. The van der Waals surface area contributed by atoms with Crippen molar-refractivity contribution < 1.29 is 18.7 Å². The molecule has 1 N–H and O–H groups in total. The highest BCUT2D eigenvalue weighted by molar-refractivity contribution is 8.00. The third-order valence-electron chi connectivity index (χ3n) is 3.49. The summed E-state index contributed by atoms with van der Waals surface area (Å²) in [6, 6.07) is 10.1. The van der Waals surface area contributed by atoms with Gasteiger partial charge in [-0.15, -0.1) is 11.8 Å². The Kier molecular flexibility index (Phi) is 4.46. The van der Waals surface area contributed by atoms with Gasteiger partial charge in [0.25, 0.3) is 0 Å². The van der Waals surface area contributed by atoms with Gasteiger partial charge >= 0.3 is 0 Å². The summed E-state index contributed by atoms with van der Waals surface area (Å²) in [5.74, 6) is 0.905. The number of carbonyl (C=O) groups is 1. The van der Waals surface area contributed by atoms with Crippen LogP contribution < -0.4 is 14.8 Å². The largest absolute Gasteiger partial charge is 0.486 e. The van der Waals surface area contributed by atoms with Crippen molar-refractivity contribution in [2.45, 2.75) is 4.90 Å². The highest BCUT2D eigenvalue weighted by Gasteiger charge is 2.16. The first-order valence-corrected chi connectivity index (χ1v) is 9.36. The SMILES string of the molecule is O=C(CSc1ccccc1F)Nc1nc2cc3c(cc2s1)OCCO3. The molecule has 2 aromatic carbocycles. The molecule has 0 saturated carbocycles. The van der Waals surface area contributed by atoms with Crippen LogP contribution in [0.3, 0.4) is 0 Å². The van der Waals surface area contributed by atoms with Crippen molar-refractivity contribution in [2.24, 2.45) is 0 Å². The molecule has 4 rings (SSSR count). The van der Waals surface area contributed by atoms with Crippen LogP contribution in [-0.2, 0) is 4.79 Å². The van der Waals surface area contributed by atoms with Gasteiger partial charge in [-0.3, -0.25) is 4.79 Å². The van der Waals surface area contributed by atoms with Crippen LogP contribution in [-0.4, -0.2) is 29.9 Å². The van der Waals surface area contributed by atoms with E-state index in [1.807, 2.05) is 12.1 Å². The normalized spacial score (nSPS) is 13.0. The minimum atomic E-state index is -0.328. The van der Waals surface area contributed by atoms with E-state index in [0.717, 1.165) is 22.0 Å². The second kappa shape index (κ2) is 6.89. The number of rotatable bonds is 4. The number of amides is 1. The number of ether oxygens (including phenoxy) is 2. The molecule has 5 nitrogen and oxygen atoms in total. The number of benzene rings is 2. The second-order valence-corrected chi connectivity index (χ2v) is 7.30. The Morgan fingerprint density at radius 1 is 1.24 bits per heavy atom. The van der Waals surface area contributed by atoms with Crippen molar-refractivity contribution in [1.29, 1.82) is 0 Å². The third-order valence-corrected chi connectivity index (χ3v) is 5.48. The quantitative estimate of drug-likeness (QED) is 0.699. The van der Waals surface area contributed by atoms with E-state index in [4.69, 9.17) is 9.47 Å². The molecular formula is C17H13FN2O3S2. The van der Waals surface area contributed by atoms with Gasteiger partial charge in [-0.05, 0) is 12.1 Å². The molecule has 0 fully saturated rings. The van der Waals surface area contributed by atoms with Crippen LogP contribution >= 0.6 is 23.1 Å². The summed E-state index contributed by atoms with van der Waals surface area (Å²) in [5, 5.41) is 3.25. The van der Waals surface area contributed by atoms with E-state index in [9.17, 15) is 9.18 Å². The Labute approximate surface area is 151 Å². The zero-order chi connectivity index (χ0) is 17.2. The topological polar surface area (TPSA) is 60.5 Å². The number of anilines is 1. The van der Waals surface area contributed by atoms with E-state index >= 15 is 0 Å². The second-order valence-electron chi connectivity index (χ2n) is 5.25. The van der Waals surface area contributed by atoms with Gasteiger partial charge in [0.15, 0.2) is 16.6 Å². The summed E-state index contributed by atoms with van der Waals surface area (Å²) >= 11 is 2.51. The lowest BCUT2D eigenvalue weighted by molar-refractivity contribution is -0.113. The van der Waals surface area contributed by atoms with E-state index in [0.29, 0.717) is 34.7 Å². The summed E-state index contributed by atoms with van der Waals surface area (Å²) in [5.41, 5.74) is 0.742. The first kappa shape index (κ1) is 16.2. The number of carbonyl (C=O) groups excluding carboxylic acids is 1. The maximum atomic E-state index is 13.6. The lowest BCUT2D eigenvalue weighted by atomic mass is 10.3. The van der Waals surface area contributed by atoms with Crippen LogP contribution in [0.1, 0.15) is 0 Å². The lowest BCUT2D eigenvalue weighted by Crippen LogP contribution is -2.15. The van der Waals surface area contributed by atoms with Gasteiger partial charge in [-0.1, -0.05) is 23.5 Å². The monoisotopic (exact) mass is 376 g/mol. The van der Waals surface area contributed by atoms with Crippen LogP contribution in [0.2, 0.25) is 0 Å². The molecule has 0 atom stereocenters. The van der Waals surface area contributed by atoms with Crippen LogP contribution in [0.5, 0.6) is 11.5 Å². The molecule has 8 heteroatoms. The van der Waals surface area contributed by atoms with Crippen molar-refractivity contribution in [1.82, 2.24) is 4.98 Å². The minimum Gasteiger partial charge on any atom is -0.486 e. The smallest absolute Gasteiger partial charge is 0.236 e. The minimum absolute atomic E-state index is 0.111. The molecule has 3 aromatic rings. The Balaban J connectivity index is 1.45. The van der Waals surface area contributed by atoms with Gasteiger partial charge in [0.05, 0.1) is 16.0 Å². The van der Waals surface area contributed by atoms with Gasteiger partial charge in [0, 0.05) is 17.0 Å². The number of hydrogen-bond donors (Lipinski definition) is 1. The van der Waals surface area contributed by atoms with Crippen LogP contribution in [0.4, 0.5) is 9.52 Å². The molecule has 2 heterocycles. The summed E-state index contributed by atoms with van der Waals surface area (Å²) in [6.45, 7) is 1.04. The number of hydrogen-bond acceptors (Lipinski definition) is 6. The molecule has 0 radical (unpaired) electrons. The standard InChI is InChI=1S/C17H13FN2O3S2/c18-10-3-1-2-4-14(10)24-9-16(21)20-17-19-11-7-12-13(8-15(11)25-17)23-6-5-22-12/h1-4,7-8H,5-6,9H2,(H,19,20,21). The molecular weight excluding hydrogens is 363 g/mol. The zero-order valence-corrected chi connectivity index (χ0v) is 14.6. The molecule has 0 aliphatic carbocycles. The van der Waals surface area contributed by atoms with Gasteiger partial charge in [-0.2, -0.15) is 0 Å². The average molecular weight is 376 g/mol. The first-order valence-electron chi connectivity index (χ1n) is 7.56. The Hall–Kier alpha value is -2.32. The van der Waals surface area contributed by atoms with Crippen LogP contribution in [0, 0.1) is 5.82 Å². The fraction of sp³-hybridized carbons (Fsp3) is 0.176. The summed E-state index contributed by atoms with van der Waals surface area (Å²) in [7, 11) is 0. The summed E-state index contributed by atoms with van der Waals surface area (Å²) < 4.78 is 25.6. The van der Waals surface area contributed by atoms with Crippen LogP contribution in [0.25, 0.3) is 10.2 Å². The number of nitrogens with one attached hydrogen (secondary N) is 1. The highest BCUT2D eigenvalue weighted by atomic mass is 32.2. The Morgan fingerprint density at radius 2 is 2.00 bits per heavy atom. The molecule has 128 valence electrons. The van der Waals surface area contributed by atoms with Gasteiger partial charge in [-0.25, -0.2) is 9.37 Å². The number of halogens is 1. The predicted molar refractivity (Wildman–Crippen MR) is 96.4 cm³/mol. The average Bonchev–Trinajstić information content (AvgIpc) is 2.99. The molecule has 0 bridgehead atoms. The fourth-order valence-corrected chi connectivity index (χ4v) is 4.01. The van der Waals surface area contributed by atoms with Crippen molar-refractivity contribution in [2.75, 3.05) is 24.3 Å².